The number of para-hydroxylation sites is 1. The molecule has 0 spiro atoms. The van der Waals surface area contributed by atoms with E-state index in [2.05, 4.69) is 15.5 Å². The number of hydrazone groups is 1. The molecule has 0 unspecified atom stereocenters. The summed E-state index contributed by atoms with van der Waals surface area (Å²) < 4.78 is 0. The van der Waals surface area contributed by atoms with Gasteiger partial charge in [-0.15, -0.1) is 17.5 Å². The molecule has 0 aliphatic carbocycles. The Morgan fingerprint density at radius 1 is 1.27 bits per heavy atom. The molecule has 0 radical (unpaired) electrons. The van der Waals surface area contributed by atoms with Crippen LogP contribution in [0.3, 0.4) is 0 Å². The number of anilines is 1. The number of fused-ring (bicyclic) bond motifs is 1. The third kappa shape index (κ3) is 2.32. The molecule has 1 aromatic carbocycles. The van der Waals surface area contributed by atoms with Crippen molar-refractivity contribution in [2.24, 2.45) is 16.6 Å². The van der Waals surface area contributed by atoms with Crippen LogP contribution < -0.4 is 16.9 Å². The zero-order valence-electron chi connectivity index (χ0n) is 7.90. The third-order valence-electron chi connectivity index (χ3n) is 1.89. The van der Waals surface area contributed by atoms with Crippen molar-refractivity contribution in [3.05, 3.63) is 30.5 Å². The first kappa shape index (κ1) is 11.2. The van der Waals surface area contributed by atoms with Gasteiger partial charge in [-0.05, 0) is 6.07 Å². The number of H-pyrrole nitrogens is 1. The largest absolute Gasteiger partial charge is 0.369 e. The third-order valence-corrected chi connectivity index (χ3v) is 1.89. The molecule has 1 heterocycles. The minimum absolute atomic E-state index is 0. The van der Waals surface area contributed by atoms with E-state index in [1.165, 1.54) is 0 Å². The second kappa shape index (κ2) is 4.56. The van der Waals surface area contributed by atoms with E-state index in [-0.39, 0.29) is 18.4 Å². The van der Waals surface area contributed by atoms with Crippen LogP contribution >= 0.6 is 12.4 Å². The number of aromatic nitrogens is 1. The van der Waals surface area contributed by atoms with Crippen LogP contribution in [0.1, 0.15) is 0 Å². The molecule has 0 saturated heterocycles. The van der Waals surface area contributed by atoms with Crippen LogP contribution in [0, 0.1) is 0 Å². The Morgan fingerprint density at radius 2 is 2.00 bits per heavy atom. The lowest BCUT2D eigenvalue weighted by Gasteiger charge is -1.97. The molecule has 15 heavy (non-hydrogen) atoms. The molecule has 80 valence electrons. The average molecular weight is 226 g/mol. The SMILES string of the molecule is Cl.NC(N)=NNc1c[nH]c2ccccc12. The molecule has 6 N–H and O–H groups in total. The fraction of sp³-hybridized carbons (Fsp3) is 0. The van der Waals surface area contributed by atoms with Crippen LogP contribution in [-0.2, 0) is 0 Å². The monoisotopic (exact) mass is 225 g/mol. The lowest BCUT2D eigenvalue weighted by atomic mass is 10.2. The van der Waals surface area contributed by atoms with Crippen LogP contribution in [0.2, 0.25) is 0 Å². The first-order valence-corrected chi connectivity index (χ1v) is 4.18. The van der Waals surface area contributed by atoms with Gasteiger partial charge in [-0.3, -0.25) is 5.43 Å². The van der Waals surface area contributed by atoms with Gasteiger partial charge in [-0.1, -0.05) is 18.2 Å². The van der Waals surface area contributed by atoms with Crippen molar-refractivity contribution in [1.82, 2.24) is 4.98 Å². The number of nitrogens with two attached hydrogens (primary N) is 2. The summed E-state index contributed by atoms with van der Waals surface area (Å²) in [5.41, 5.74) is 15.1. The Kier molecular flexibility index (Phi) is 3.41. The Labute approximate surface area is 92.9 Å². The number of nitrogens with one attached hydrogen (secondary N) is 2. The maximum atomic E-state index is 5.21. The summed E-state index contributed by atoms with van der Waals surface area (Å²) in [5, 5.41) is 4.77. The van der Waals surface area contributed by atoms with E-state index in [0.29, 0.717) is 0 Å². The van der Waals surface area contributed by atoms with Crippen molar-refractivity contribution in [1.29, 1.82) is 0 Å². The zero-order chi connectivity index (χ0) is 9.97. The molecule has 0 bridgehead atoms. The van der Waals surface area contributed by atoms with Crippen molar-refractivity contribution in [2.45, 2.75) is 0 Å². The predicted octanol–water partition coefficient (Wildman–Crippen LogP) is 1.19. The highest BCUT2D eigenvalue weighted by atomic mass is 35.5. The van der Waals surface area contributed by atoms with Crippen LogP contribution in [-0.4, -0.2) is 10.9 Å². The van der Waals surface area contributed by atoms with E-state index in [0.717, 1.165) is 16.6 Å². The molecule has 0 amide bonds. The second-order valence-corrected chi connectivity index (χ2v) is 2.90. The summed E-state index contributed by atoms with van der Waals surface area (Å²) in [6, 6.07) is 7.88. The number of rotatable bonds is 2. The van der Waals surface area contributed by atoms with Gasteiger partial charge in [-0.25, -0.2) is 0 Å². The Morgan fingerprint density at radius 3 is 2.73 bits per heavy atom. The van der Waals surface area contributed by atoms with Gasteiger partial charge in [0, 0.05) is 17.1 Å². The average Bonchev–Trinajstić information content (AvgIpc) is 2.58. The molecule has 2 aromatic rings. The first-order valence-electron chi connectivity index (χ1n) is 4.18. The van der Waals surface area contributed by atoms with E-state index in [9.17, 15) is 0 Å². The van der Waals surface area contributed by atoms with Crippen molar-refractivity contribution in [3.8, 4) is 0 Å². The summed E-state index contributed by atoms with van der Waals surface area (Å²) in [6.45, 7) is 0. The van der Waals surface area contributed by atoms with E-state index in [1.54, 1.807) is 0 Å². The maximum absolute atomic E-state index is 5.21. The highest BCUT2D eigenvalue weighted by molar-refractivity contribution is 5.92. The smallest absolute Gasteiger partial charge is 0.208 e. The summed E-state index contributed by atoms with van der Waals surface area (Å²) in [7, 11) is 0. The quantitative estimate of drug-likeness (QED) is 0.351. The zero-order valence-corrected chi connectivity index (χ0v) is 8.71. The molecular weight excluding hydrogens is 214 g/mol. The molecule has 0 atom stereocenters. The number of hydrogen-bond donors (Lipinski definition) is 4. The summed E-state index contributed by atoms with van der Waals surface area (Å²) in [6.07, 6.45) is 1.82. The molecule has 6 heteroatoms. The molecule has 0 fully saturated rings. The molecule has 0 saturated carbocycles. The molecular formula is C9H12ClN5. The van der Waals surface area contributed by atoms with Crippen LogP contribution in [0.5, 0.6) is 0 Å². The second-order valence-electron chi connectivity index (χ2n) is 2.90. The standard InChI is InChI=1S/C9H11N5.ClH/c10-9(11)14-13-8-5-12-7-4-2-1-3-6(7)8;/h1-5,12-13H,(H4,10,11,14);1H. The van der Waals surface area contributed by atoms with E-state index >= 15 is 0 Å². The van der Waals surface area contributed by atoms with Gasteiger partial charge < -0.3 is 16.5 Å². The Balaban J connectivity index is 0.00000112. The fourth-order valence-corrected chi connectivity index (χ4v) is 1.29. The van der Waals surface area contributed by atoms with Gasteiger partial charge in [0.1, 0.15) is 0 Å². The van der Waals surface area contributed by atoms with Crippen molar-refractivity contribution >= 4 is 35.0 Å². The van der Waals surface area contributed by atoms with Crippen LogP contribution in [0.25, 0.3) is 10.9 Å². The maximum Gasteiger partial charge on any atom is 0.208 e. The van der Waals surface area contributed by atoms with Gasteiger partial charge in [0.15, 0.2) is 0 Å². The topological polar surface area (TPSA) is 92.2 Å². The fourth-order valence-electron chi connectivity index (χ4n) is 1.29. The van der Waals surface area contributed by atoms with Crippen LogP contribution in [0.4, 0.5) is 5.69 Å². The van der Waals surface area contributed by atoms with Gasteiger partial charge in [0.2, 0.25) is 5.96 Å². The van der Waals surface area contributed by atoms with Crippen molar-refractivity contribution < 1.29 is 0 Å². The highest BCUT2D eigenvalue weighted by Gasteiger charge is 2.00. The Hall–Kier alpha value is -1.88. The number of halogens is 1. The minimum Gasteiger partial charge on any atom is -0.369 e. The number of guanidine groups is 1. The van der Waals surface area contributed by atoms with Crippen molar-refractivity contribution in [2.75, 3.05) is 5.43 Å². The van der Waals surface area contributed by atoms with Gasteiger partial charge in [-0.2, -0.15) is 0 Å². The van der Waals surface area contributed by atoms with E-state index < -0.39 is 0 Å². The Bertz CT molecular complexity index is 472. The number of nitrogens with zero attached hydrogens (tertiary/aromatic N) is 1. The highest BCUT2D eigenvalue weighted by Crippen LogP contribution is 2.21. The first-order chi connectivity index (χ1) is 6.77. The summed E-state index contributed by atoms with van der Waals surface area (Å²) in [5.74, 6) is 0.00952. The predicted molar refractivity (Wildman–Crippen MR) is 65.0 cm³/mol. The molecule has 1 aromatic heterocycles. The van der Waals surface area contributed by atoms with E-state index in [1.807, 2.05) is 30.5 Å². The molecule has 5 nitrogen and oxygen atoms in total. The number of benzene rings is 1. The lowest BCUT2D eigenvalue weighted by Crippen LogP contribution is -2.23. The molecule has 0 aliphatic heterocycles. The molecule has 0 aliphatic rings. The minimum atomic E-state index is 0. The van der Waals surface area contributed by atoms with E-state index in [4.69, 9.17) is 11.5 Å². The van der Waals surface area contributed by atoms with Crippen LogP contribution in [0.15, 0.2) is 35.6 Å². The number of aromatic amines is 1. The number of hydrogen-bond acceptors (Lipinski definition) is 2. The molecule has 2 rings (SSSR count). The lowest BCUT2D eigenvalue weighted by molar-refractivity contribution is 1.29. The van der Waals surface area contributed by atoms with Gasteiger partial charge in [0.05, 0.1) is 5.69 Å². The summed E-state index contributed by atoms with van der Waals surface area (Å²) in [4.78, 5) is 3.10. The van der Waals surface area contributed by atoms with Gasteiger partial charge in [0.25, 0.3) is 0 Å². The normalized spacial score (nSPS) is 9.33. The van der Waals surface area contributed by atoms with Crippen molar-refractivity contribution in [3.63, 3.8) is 0 Å². The summed E-state index contributed by atoms with van der Waals surface area (Å²) >= 11 is 0. The van der Waals surface area contributed by atoms with Gasteiger partial charge >= 0.3 is 0 Å².